The van der Waals surface area contributed by atoms with Gasteiger partial charge in [0.15, 0.2) is 0 Å². The van der Waals surface area contributed by atoms with Gasteiger partial charge in [-0.05, 0) is 61.5 Å². The van der Waals surface area contributed by atoms with Crippen LogP contribution >= 0.6 is 23.2 Å². The lowest BCUT2D eigenvalue weighted by molar-refractivity contribution is 0.262. The molecule has 0 atom stereocenters. The maximum Gasteiger partial charge on any atom is 0.323 e. The molecule has 0 aromatic heterocycles. The number of benzene rings is 3. The van der Waals surface area contributed by atoms with Gasteiger partial charge in [0.1, 0.15) is 0 Å². The highest BCUT2D eigenvalue weighted by Gasteiger charge is 2.14. The van der Waals surface area contributed by atoms with E-state index in [1.165, 1.54) is 6.07 Å². The lowest BCUT2D eigenvalue weighted by Gasteiger charge is -2.11. The molecule has 0 unspecified atom stereocenters. The zero-order valence-electron chi connectivity index (χ0n) is 15.2. The first kappa shape index (κ1) is 21.0. The molecule has 9 heteroatoms. The van der Waals surface area contributed by atoms with Gasteiger partial charge in [-0.15, -0.1) is 0 Å². The van der Waals surface area contributed by atoms with Gasteiger partial charge in [0.05, 0.1) is 14.9 Å². The van der Waals surface area contributed by atoms with Crippen molar-refractivity contribution in [3.05, 3.63) is 82.3 Å². The van der Waals surface area contributed by atoms with Crippen LogP contribution in [0.4, 0.5) is 21.9 Å². The van der Waals surface area contributed by atoms with E-state index in [1.54, 1.807) is 60.7 Å². The number of nitrogens with one attached hydrogen (secondary N) is 3. The zero-order valence-corrected chi connectivity index (χ0v) is 17.6. The monoisotopic (exact) mass is 449 g/mol. The Bertz CT molecular complexity index is 1130. The minimum absolute atomic E-state index is 0.173. The molecule has 0 saturated heterocycles. The highest BCUT2D eigenvalue weighted by atomic mass is 35.5. The van der Waals surface area contributed by atoms with E-state index in [-0.39, 0.29) is 4.90 Å². The molecular weight excluding hydrogens is 433 g/mol. The topological polar surface area (TPSA) is 87.3 Å². The highest BCUT2D eigenvalue weighted by Crippen LogP contribution is 2.25. The number of sulfonamides is 1. The van der Waals surface area contributed by atoms with Gasteiger partial charge >= 0.3 is 6.03 Å². The third-order valence-corrected chi connectivity index (χ3v) is 6.04. The summed E-state index contributed by atoms with van der Waals surface area (Å²) < 4.78 is 27.3. The molecule has 29 heavy (non-hydrogen) atoms. The fourth-order valence-electron chi connectivity index (χ4n) is 2.42. The number of carbonyl (C=O) groups excluding carboxylic acids is 1. The van der Waals surface area contributed by atoms with Gasteiger partial charge in [-0.25, -0.2) is 13.2 Å². The Hall–Kier alpha value is -2.74. The molecule has 150 valence electrons. The minimum Gasteiger partial charge on any atom is -0.308 e. The van der Waals surface area contributed by atoms with E-state index in [1.807, 2.05) is 6.92 Å². The Balaban J connectivity index is 1.63. The Labute approximate surface area is 178 Å². The number of halogens is 2. The maximum atomic E-state index is 12.4. The van der Waals surface area contributed by atoms with Crippen molar-refractivity contribution in [3.8, 4) is 0 Å². The summed E-state index contributed by atoms with van der Waals surface area (Å²) in [5.74, 6) is 0. The molecule has 0 aliphatic rings. The summed E-state index contributed by atoms with van der Waals surface area (Å²) in [5.41, 5.74) is 2.32. The zero-order chi connectivity index (χ0) is 21.0. The fourth-order valence-corrected chi connectivity index (χ4v) is 3.78. The maximum absolute atomic E-state index is 12.4. The molecule has 3 N–H and O–H groups in total. The number of hydrogen-bond acceptors (Lipinski definition) is 3. The summed E-state index contributed by atoms with van der Waals surface area (Å²) in [6.45, 7) is 1.88. The number of hydrogen-bond donors (Lipinski definition) is 3. The first-order valence-corrected chi connectivity index (χ1v) is 10.7. The second kappa shape index (κ2) is 8.73. The molecule has 0 fully saturated rings. The van der Waals surface area contributed by atoms with E-state index in [4.69, 9.17) is 23.2 Å². The Kier molecular flexibility index (Phi) is 6.32. The highest BCUT2D eigenvalue weighted by molar-refractivity contribution is 7.92. The van der Waals surface area contributed by atoms with Crippen LogP contribution in [0.25, 0.3) is 0 Å². The van der Waals surface area contributed by atoms with E-state index in [9.17, 15) is 13.2 Å². The quantitative estimate of drug-likeness (QED) is 0.463. The van der Waals surface area contributed by atoms with Crippen LogP contribution in [0.2, 0.25) is 10.0 Å². The summed E-state index contributed by atoms with van der Waals surface area (Å²) >= 11 is 11.8. The molecule has 0 aliphatic carbocycles. The van der Waals surface area contributed by atoms with Gasteiger partial charge in [-0.3, -0.25) is 4.72 Å². The summed E-state index contributed by atoms with van der Waals surface area (Å²) in [4.78, 5) is 12.3. The average molecular weight is 450 g/mol. The summed E-state index contributed by atoms with van der Waals surface area (Å²) in [7, 11) is -3.69. The van der Waals surface area contributed by atoms with Crippen LogP contribution in [0.3, 0.4) is 0 Å². The predicted molar refractivity (Wildman–Crippen MR) is 118 cm³/mol. The van der Waals surface area contributed by atoms with Crippen molar-refractivity contribution in [2.45, 2.75) is 11.8 Å². The van der Waals surface area contributed by atoms with Crippen molar-refractivity contribution in [2.75, 3.05) is 15.4 Å². The molecular formula is C20H17Cl2N3O3S. The molecule has 3 aromatic carbocycles. The van der Waals surface area contributed by atoms with Gasteiger partial charge in [-0.1, -0.05) is 40.9 Å². The third-order valence-electron chi connectivity index (χ3n) is 3.90. The van der Waals surface area contributed by atoms with Crippen molar-refractivity contribution in [1.29, 1.82) is 0 Å². The van der Waals surface area contributed by atoms with Crippen molar-refractivity contribution in [2.24, 2.45) is 0 Å². The smallest absolute Gasteiger partial charge is 0.308 e. The SMILES string of the molecule is Cc1ccc(S(=O)(=O)Nc2ccc(NC(=O)Nc3ccc(Cl)c(Cl)c3)cc2)cc1. The Morgan fingerprint density at radius 3 is 1.93 bits per heavy atom. The third kappa shape index (κ3) is 5.63. The molecule has 0 aliphatic heterocycles. The average Bonchev–Trinajstić information content (AvgIpc) is 2.66. The Morgan fingerprint density at radius 1 is 0.759 bits per heavy atom. The molecule has 0 heterocycles. The molecule has 0 radical (unpaired) electrons. The fraction of sp³-hybridized carbons (Fsp3) is 0.0500. The second-order valence-corrected chi connectivity index (χ2v) is 8.70. The number of aryl methyl sites for hydroxylation is 1. The van der Waals surface area contributed by atoms with Gasteiger partial charge in [0.2, 0.25) is 0 Å². The molecule has 3 rings (SSSR count). The lowest BCUT2D eigenvalue weighted by atomic mass is 10.2. The van der Waals surface area contributed by atoms with Crippen LogP contribution in [0, 0.1) is 6.92 Å². The summed E-state index contributed by atoms with van der Waals surface area (Å²) in [6.07, 6.45) is 0. The van der Waals surface area contributed by atoms with E-state index in [0.717, 1.165) is 5.56 Å². The van der Waals surface area contributed by atoms with Crippen LogP contribution in [0.15, 0.2) is 71.6 Å². The van der Waals surface area contributed by atoms with Crippen molar-refractivity contribution in [1.82, 2.24) is 0 Å². The molecule has 6 nitrogen and oxygen atoms in total. The van der Waals surface area contributed by atoms with E-state index in [0.29, 0.717) is 27.1 Å². The van der Waals surface area contributed by atoms with Crippen molar-refractivity contribution >= 4 is 56.3 Å². The van der Waals surface area contributed by atoms with Gasteiger partial charge in [0, 0.05) is 17.1 Å². The standard InChI is InChI=1S/C20H17Cl2N3O3S/c1-13-2-9-17(10-3-13)29(27,28)25-15-6-4-14(5-7-15)23-20(26)24-16-8-11-18(21)19(22)12-16/h2-12,25H,1H3,(H2,23,24,26). The summed E-state index contributed by atoms with van der Waals surface area (Å²) in [5, 5.41) is 6.00. The van der Waals surface area contributed by atoms with Crippen LogP contribution in [-0.4, -0.2) is 14.4 Å². The Morgan fingerprint density at radius 2 is 1.31 bits per heavy atom. The largest absolute Gasteiger partial charge is 0.323 e. The van der Waals surface area contributed by atoms with Gasteiger partial charge < -0.3 is 10.6 Å². The number of carbonyl (C=O) groups is 1. The number of amides is 2. The molecule has 3 aromatic rings. The van der Waals surface area contributed by atoms with Crippen molar-refractivity contribution in [3.63, 3.8) is 0 Å². The van der Waals surface area contributed by atoms with Crippen LogP contribution in [-0.2, 0) is 10.0 Å². The molecule has 0 bridgehead atoms. The van der Waals surface area contributed by atoms with Gasteiger partial charge in [-0.2, -0.15) is 0 Å². The van der Waals surface area contributed by atoms with Crippen LogP contribution in [0.5, 0.6) is 0 Å². The first-order valence-electron chi connectivity index (χ1n) is 8.45. The van der Waals surface area contributed by atoms with E-state index < -0.39 is 16.1 Å². The normalized spacial score (nSPS) is 11.0. The number of anilines is 3. The van der Waals surface area contributed by atoms with Crippen molar-refractivity contribution < 1.29 is 13.2 Å². The first-order chi connectivity index (χ1) is 13.7. The second-order valence-electron chi connectivity index (χ2n) is 6.20. The lowest BCUT2D eigenvalue weighted by Crippen LogP contribution is -2.19. The number of urea groups is 1. The molecule has 0 spiro atoms. The molecule has 0 saturated carbocycles. The minimum atomic E-state index is -3.69. The van der Waals surface area contributed by atoms with Crippen LogP contribution < -0.4 is 15.4 Å². The predicted octanol–water partition coefficient (Wildman–Crippen LogP) is 5.75. The molecule has 2 amide bonds. The van der Waals surface area contributed by atoms with Gasteiger partial charge in [0.25, 0.3) is 10.0 Å². The van der Waals surface area contributed by atoms with E-state index >= 15 is 0 Å². The summed E-state index contributed by atoms with van der Waals surface area (Å²) in [6, 6.07) is 17.1. The van der Waals surface area contributed by atoms with E-state index in [2.05, 4.69) is 15.4 Å². The van der Waals surface area contributed by atoms with Crippen LogP contribution in [0.1, 0.15) is 5.56 Å². The number of rotatable bonds is 5.